The molecular weight excluding hydrogens is 554 g/mol. The summed E-state index contributed by atoms with van der Waals surface area (Å²) in [5.41, 5.74) is 2.76. The molecular formula is C25H44BClN2OP2Ru. The molecule has 0 aromatic heterocycles. The number of nitrogens with zero attached hydrogens (tertiary/aromatic N) is 2. The molecule has 1 heterocycles. The molecule has 3 nitrogen and oxygen atoms in total. The number of anilines is 2. The third-order valence-electron chi connectivity index (χ3n) is 5.61. The van der Waals surface area contributed by atoms with Crippen molar-refractivity contribution in [2.45, 2.75) is 104 Å². The molecule has 0 aliphatic carbocycles. The Balaban J connectivity index is 0.00000242. The monoisotopic (exact) mass is 598 g/mol. The van der Waals surface area contributed by atoms with Gasteiger partial charge in [0.2, 0.25) is 0 Å². The molecule has 0 atom stereocenters. The van der Waals surface area contributed by atoms with Crippen molar-refractivity contribution in [2.24, 2.45) is 0 Å². The van der Waals surface area contributed by atoms with Crippen LogP contribution in [0.5, 0.6) is 0 Å². The van der Waals surface area contributed by atoms with Gasteiger partial charge in [0.15, 0.2) is 0 Å². The Labute approximate surface area is 222 Å². The van der Waals surface area contributed by atoms with Crippen molar-refractivity contribution < 1.29 is 22.0 Å². The molecule has 1 aliphatic rings. The molecule has 0 unspecified atom stereocenters. The Kier molecular flexibility index (Phi) is 13.2. The fraction of sp³-hybridized carbons (Fsp3) is 0.720. The molecule has 1 aromatic rings. The summed E-state index contributed by atoms with van der Waals surface area (Å²) < 4.78 is 7.50. The Hall–Kier alpha value is 0.398. The first-order valence-electron chi connectivity index (χ1n) is 11.3. The standard InChI is InChI=1S/C24H44BN2P2.CO.ClH.Ru/c1-21(2,3)28(22(4,5)6)17-26-19-15-13-14-16-20(19)27(25-26)18-29(23(7,8)9)24(10,11)12;1-2;;/h13-16H,17-18H2,1-12H3;;1H;/q;;;+1/p-1. The number of hydrogen-bond donors (Lipinski definition) is 0. The van der Waals surface area contributed by atoms with Crippen LogP contribution in [0.4, 0.5) is 11.4 Å². The molecule has 1 aromatic carbocycles. The second-order valence-corrected chi connectivity index (χ2v) is 20.0. The van der Waals surface area contributed by atoms with E-state index in [0.29, 0.717) is 20.6 Å². The minimum atomic E-state index is -0.189. The fourth-order valence-corrected chi connectivity index (χ4v) is 11.4. The van der Waals surface area contributed by atoms with Gasteiger partial charge >= 0.3 is 45.9 Å². The van der Waals surface area contributed by atoms with Gasteiger partial charge in [0.05, 0.1) is 0 Å². The molecule has 1 radical (unpaired) electrons. The predicted molar refractivity (Wildman–Crippen MR) is 150 cm³/mol. The second kappa shape index (κ2) is 13.1. The van der Waals surface area contributed by atoms with Crippen LogP contribution in [0, 0.1) is 6.65 Å². The van der Waals surface area contributed by atoms with E-state index < -0.39 is 0 Å². The number of benzene rings is 1. The van der Waals surface area contributed by atoms with E-state index in [4.69, 9.17) is 4.65 Å². The van der Waals surface area contributed by atoms with Gasteiger partial charge in [-0.05, 0) is 32.8 Å². The topological polar surface area (TPSA) is 26.4 Å². The molecule has 33 heavy (non-hydrogen) atoms. The molecule has 0 saturated carbocycles. The van der Waals surface area contributed by atoms with Crippen molar-refractivity contribution in [1.82, 2.24) is 0 Å². The van der Waals surface area contributed by atoms with Gasteiger partial charge in [0.1, 0.15) is 0 Å². The van der Waals surface area contributed by atoms with Crippen LogP contribution in [0.3, 0.4) is 0 Å². The van der Waals surface area contributed by atoms with Gasteiger partial charge < -0.3 is 9.62 Å². The normalized spacial score (nSPS) is 14.2. The van der Waals surface area contributed by atoms with Crippen LogP contribution in [0.25, 0.3) is 0 Å². The van der Waals surface area contributed by atoms with Crippen LogP contribution in [0.2, 0.25) is 0 Å². The van der Waals surface area contributed by atoms with Gasteiger partial charge in [-0.3, -0.25) is 0 Å². The van der Waals surface area contributed by atoms with Crippen molar-refractivity contribution in [3.63, 3.8) is 0 Å². The summed E-state index contributed by atoms with van der Waals surface area (Å²) in [6, 6.07) is 8.99. The van der Waals surface area contributed by atoms with Gasteiger partial charge in [0, 0.05) is 23.9 Å². The molecule has 8 heteroatoms. The third kappa shape index (κ3) is 9.76. The molecule has 0 saturated heterocycles. The fourth-order valence-electron chi connectivity index (χ4n) is 4.63. The molecule has 0 N–H and O–H groups in total. The number of fused-ring (bicyclic) bond motifs is 1. The van der Waals surface area contributed by atoms with E-state index in [1.165, 1.54) is 11.4 Å². The molecule has 1 aliphatic heterocycles. The summed E-state index contributed by atoms with van der Waals surface area (Å²) in [5.74, 6) is 0. The summed E-state index contributed by atoms with van der Waals surface area (Å²) in [6.07, 6.45) is 2.25. The maximum atomic E-state index is 7.50. The average molecular weight is 598 g/mol. The predicted octanol–water partition coefficient (Wildman–Crippen LogP) is 8.57. The van der Waals surface area contributed by atoms with Crippen molar-refractivity contribution in [3.05, 3.63) is 30.9 Å². The SMILES string of the molecule is CC(C)(C)P(CN1[B]N(CP(C(C)(C)C)C(C)(C)C)c2ccccc21)C(C)(C)C.[C-]#[O+].[Cl][Ru]. The van der Waals surface area contributed by atoms with Crippen LogP contribution >= 0.6 is 25.5 Å². The van der Waals surface area contributed by atoms with Crippen LogP contribution in [0.1, 0.15) is 83.1 Å². The number of halogens is 1. The number of hydrogen-bond acceptors (Lipinski definition) is 2. The second-order valence-electron chi connectivity index (χ2n) is 12.4. The van der Waals surface area contributed by atoms with Crippen LogP contribution in [0.15, 0.2) is 24.3 Å². The van der Waals surface area contributed by atoms with Crippen LogP contribution in [-0.2, 0) is 22.0 Å². The molecule has 0 amide bonds. The van der Waals surface area contributed by atoms with E-state index >= 15 is 0 Å². The quantitative estimate of drug-likeness (QED) is 0.150. The van der Waals surface area contributed by atoms with E-state index in [9.17, 15) is 0 Å². The zero-order valence-corrected chi connectivity index (χ0v) is 27.0. The molecule has 0 spiro atoms. The first-order valence-corrected chi connectivity index (χ1v) is 16.6. The zero-order valence-electron chi connectivity index (χ0n) is 22.7. The molecule has 0 bridgehead atoms. The zero-order chi connectivity index (χ0) is 26.4. The number of rotatable bonds is 4. The van der Waals surface area contributed by atoms with Crippen molar-refractivity contribution in [3.8, 4) is 0 Å². The Morgan fingerprint density at radius 2 is 0.939 bits per heavy atom. The van der Waals surface area contributed by atoms with Crippen LogP contribution in [-0.4, -0.2) is 40.7 Å². The third-order valence-corrected chi connectivity index (χ3v) is 13.3. The van der Waals surface area contributed by atoms with Gasteiger partial charge in [-0.25, -0.2) is 0 Å². The first-order chi connectivity index (χ1) is 14.9. The maximum absolute atomic E-state index is 7.50. The van der Waals surface area contributed by atoms with Gasteiger partial charge in [0.25, 0.3) is 0 Å². The van der Waals surface area contributed by atoms with E-state index in [0.717, 1.165) is 12.6 Å². The first kappa shape index (κ1) is 33.4. The van der Waals surface area contributed by atoms with E-state index in [1.54, 1.807) is 0 Å². The molecule has 2 rings (SSSR count). The van der Waals surface area contributed by atoms with Crippen molar-refractivity contribution >= 4 is 44.5 Å². The van der Waals surface area contributed by atoms with Gasteiger partial charge in [-0.15, -0.1) is 0 Å². The van der Waals surface area contributed by atoms with Gasteiger partial charge in [-0.1, -0.05) is 111 Å². The summed E-state index contributed by atoms with van der Waals surface area (Å²) in [6.45, 7) is 33.5. The minimum absolute atomic E-state index is 0.189. The van der Waals surface area contributed by atoms with Crippen LogP contribution < -0.4 is 9.62 Å². The average Bonchev–Trinajstić information content (AvgIpc) is 3.01. The molecule has 188 valence electrons. The van der Waals surface area contributed by atoms with Crippen molar-refractivity contribution in [1.29, 1.82) is 0 Å². The van der Waals surface area contributed by atoms with E-state index in [1.807, 2.05) is 17.3 Å². The Bertz CT molecular complexity index is 665. The van der Waals surface area contributed by atoms with E-state index in [2.05, 4.69) is 141 Å². The van der Waals surface area contributed by atoms with Crippen molar-refractivity contribution in [2.75, 3.05) is 22.2 Å². The summed E-state index contributed by atoms with van der Waals surface area (Å²) in [4.78, 5) is 5.10. The van der Waals surface area contributed by atoms with E-state index in [-0.39, 0.29) is 15.8 Å². The number of para-hydroxylation sites is 2. The summed E-state index contributed by atoms with van der Waals surface area (Å²) in [5, 5.41) is 1.31. The molecule has 0 fully saturated rings. The summed E-state index contributed by atoms with van der Waals surface area (Å²) in [7, 11) is 6.61. The Morgan fingerprint density at radius 1 is 0.697 bits per heavy atom. The Morgan fingerprint density at radius 3 is 1.15 bits per heavy atom. The summed E-state index contributed by atoms with van der Waals surface area (Å²) >= 11 is 1.82. The van der Waals surface area contributed by atoms with Gasteiger partial charge in [-0.2, -0.15) is 0 Å².